The average molecular weight is 419 g/mol. The summed E-state index contributed by atoms with van der Waals surface area (Å²) in [4.78, 5) is 23.3. The van der Waals surface area contributed by atoms with E-state index in [2.05, 4.69) is 10.2 Å². The first-order valence-corrected chi connectivity index (χ1v) is 9.63. The zero-order chi connectivity index (χ0) is 21.8. The van der Waals surface area contributed by atoms with E-state index < -0.39 is 34.0 Å². The molecule has 0 bridgehead atoms. The lowest BCUT2D eigenvalue weighted by Crippen LogP contribution is -2.28. The Labute approximate surface area is 165 Å². The summed E-state index contributed by atoms with van der Waals surface area (Å²) >= 11 is 0. The van der Waals surface area contributed by atoms with E-state index in [1.165, 1.54) is 31.2 Å². The Morgan fingerprint density at radius 2 is 1.90 bits per heavy atom. The number of aromatic hydroxyl groups is 1. The summed E-state index contributed by atoms with van der Waals surface area (Å²) in [6, 6.07) is 6.80. The molecule has 152 valence electrons. The Morgan fingerprint density at radius 3 is 2.41 bits per heavy atom. The van der Waals surface area contributed by atoms with E-state index in [-0.39, 0.29) is 33.9 Å². The SMILES string of the molecule is CC(=O)NS(=O)(=O)c1ccc(N=Nc2c(C)c(C#N)c(O)n(CCO)c2=O)cc1. The van der Waals surface area contributed by atoms with Crippen LogP contribution < -0.4 is 10.3 Å². The van der Waals surface area contributed by atoms with Crippen LogP contribution in [0.15, 0.2) is 44.2 Å². The second-order valence-corrected chi connectivity index (χ2v) is 7.50. The fourth-order valence-electron chi connectivity index (χ4n) is 2.41. The lowest BCUT2D eigenvalue weighted by atomic mass is 10.1. The maximum Gasteiger partial charge on any atom is 0.281 e. The molecule has 11 nitrogen and oxygen atoms in total. The van der Waals surface area contributed by atoms with Crippen LogP contribution in [0.2, 0.25) is 0 Å². The smallest absolute Gasteiger partial charge is 0.281 e. The quantitative estimate of drug-likeness (QED) is 0.584. The molecule has 0 aliphatic heterocycles. The minimum Gasteiger partial charge on any atom is -0.493 e. The zero-order valence-corrected chi connectivity index (χ0v) is 16.3. The number of sulfonamides is 1. The van der Waals surface area contributed by atoms with E-state index in [1.807, 2.05) is 4.72 Å². The molecule has 0 aliphatic rings. The Kier molecular flexibility index (Phi) is 6.47. The van der Waals surface area contributed by atoms with Crippen LogP contribution in [-0.4, -0.2) is 35.7 Å². The molecule has 2 aromatic rings. The van der Waals surface area contributed by atoms with Gasteiger partial charge in [0.05, 0.1) is 23.7 Å². The molecule has 1 amide bonds. The minimum absolute atomic E-state index is 0.109. The molecule has 12 heteroatoms. The van der Waals surface area contributed by atoms with Crippen LogP contribution in [0.4, 0.5) is 11.4 Å². The molecule has 1 heterocycles. The molecule has 2 rings (SSSR count). The van der Waals surface area contributed by atoms with Crippen molar-refractivity contribution in [1.29, 1.82) is 5.26 Å². The van der Waals surface area contributed by atoms with E-state index in [1.54, 1.807) is 6.07 Å². The Morgan fingerprint density at radius 1 is 1.28 bits per heavy atom. The Balaban J connectivity index is 2.45. The maximum atomic E-state index is 12.5. The van der Waals surface area contributed by atoms with Gasteiger partial charge in [-0.3, -0.25) is 14.2 Å². The number of hydrogen-bond acceptors (Lipinski definition) is 9. The van der Waals surface area contributed by atoms with Gasteiger partial charge in [-0.15, -0.1) is 5.11 Å². The van der Waals surface area contributed by atoms with E-state index in [4.69, 9.17) is 5.11 Å². The monoisotopic (exact) mass is 419 g/mol. The molecule has 0 radical (unpaired) electrons. The van der Waals surface area contributed by atoms with Crippen molar-refractivity contribution in [2.75, 3.05) is 6.61 Å². The van der Waals surface area contributed by atoms with Gasteiger partial charge in [-0.25, -0.2) is 13.1 Å². The number of hydrogen-bond donors (Lipinski definition) is 3. The van der Waals surface area contributed by atoms with Crippen molar-refractivity contribution in [3.63, 3.8) is 0 Å². The summed E-state index contributed by atoms with van der Waals surface area (Å²) in [5.41, 5.74) is -0.822. The van der Waals surface area contributed by atoms with Crippen molar-refractivity contribution >= 4 is 27.3 Å². The van der Waals surface area contributed by atoms with Gasteiger partial charge in [0.25, 0.3) is 15.6 Å². The van der Waals surface area contributed by atoms with Crippen molar-refractivity contribution in [3.8, 4) is 11.9 Å². The number of carbonyl (C=O) groups is 1. The molecule has 29 heavy (non-hydrogen) atoms. The lowest BCUT2D eigenvalue weighted by molar-refractivity contribution is -0.117. The van der Waals surface area contributed by atoms with E-state index >= 15 is 0 Å². The van der Waals surface area contributed by atoms with Crippen molar-refractivity contribution in [1.82, 2.24) is 9.29 Å². The number of carbonyl (C=O) groups excluding carboxylic acids is 1. The van der Waals surface area contributed by atoms with Gasteiger partial charge in [0.15, 0.2) is 5.69 Å². The second kappa shape index (κ2) is 8.63. The molecule has 0 spiro atoms. The number of amides is 1. The third-order valence-corrected chi connectivity index (χ3v) is 5.23. The molecule has 1 aromatic heterocycles. The van der Waals surface area contributed by atoms with Gasteiger partial charge in [0.1, 0.15) is 11.6 Å². The second-order valence-electron chi connectivity index (χ2n) is 5.82. The van der Waals surface area contributed by atoms with Gasteiger partial charge in [-0.1, -0.05) is 0 Å². The van der Waals surface area contributed by atoms with Crippen molar-refractivity contribution < 1.29 is 23.4 Å². The number of aliphatic hydroxyl groups excluding tert-OH is 1. The summed E-state index contributed by atoms with van der Waals surface area (Å²) in [7, 11) is -4.00. The molecule has 1 aromatic carbocycles. The van der Waals surface area contributed by atoms with Gasteiger partial charge >= 0.3 is 0 Å². The highest BCUT2D eigenvalue weighted by Gasteiger charge is 2.19. The van der Waals surface area contributed by atoms with Crippen LogP contribution in [0.25, 0.3) is 0 Å². The van der Waals surface area contributed by atoms with Crippen molar-refractivity contribution in [2.45, 2.75) is 25.3 Å². The fraction of sp³-hybridized carbons (Fsp3) is 0.235. The Bertz CT molecular complexity index is 1180. The third kappa shape index (κ3) is 4.65. The summed E-state index contributed by atoms with van der Waals surface area (Å²) < 4.78 is 26.5. The molecule has 0 saturated heterocycles. The van der Waals surface area contributed by atoms with E-state index in [9.17, 15) is 28.4 Å². The standard InChI is InChI=1S/C17H17N5O6S/c1-10-14(9-18)16(25)22(7-8-23)17(26)15(10)20-19-12-3-5-13(6-4-12)29(27,28)21-11(2)24/h3-6,23,25H,7-8H2,1-2H3,(H,21,24). The minimum atomic E-state index is -4.00. The number of nitrogens with zero attached hydrogens (tertiary/aromatic N) is 4. The van der Waals surface area contributed by atoms with E-state index in [0.717, 1.165) is 11.5 Å². The summed E-state index contributed by atoms with van der Waals surface area (Å²) in [5.74, 6) is -1.31. The number of pyridine rings is 1. The first-order chi connectivity index (χ1) is 13.6. The highest BCUT2D eigenvalue weighted by molar-refractivity contribution is 7.90. The van der Waals surface area contributed by atoms with Crippen LogP contribution >= 0.6 is 0 Å². The highest BCUT2D eigenvalue weighted by atomic mass is 32.2. The first-order valence-electron chi connectivity index (χ1n) is 8.15. The number of azo groups is 1. The molecule has 3 N–H and O–H groups in total. The predicted molar refractivity (Wildman–Crippen MR) is 101 cm³/mol. The highest BCUT2D eigenvalue weighted by Crippen LogP contribution is 2.27. The Hall–Kier alpha value is -3.56. The normalized spacial score (nSPS) is 11.4. The molecular formula is C17H17N5O6S. The van der Waals surface area contributed by atoms with Crippen LogP contribution in [-0.2, 0) is 21.4 Å². The molecular weight excluding hydrogens is 402 g/mol. The van der Waals surface area contributed by atoms with Crippen molar-refractivity contribution in [3.05, 3.63) is 45.7 Å². The van der Waals surface area contributed by atoms with Gasteiger partial charge in [-0.2, -0.15) is 10.4 Å². The number of nitrogens with one attached hydrogen (secondary N) is 1. The molecule has 0 fully saturated rings. The number of rotatable bonds is 6. The number of aromatic nitrogens is 1. The zero-order valence-electron chi connectivity index (χ0n) is 15.4. The number of benzene rings is 1. The van der Waals surface area contributed by atoms with Gasteiger partial charge in [0.2, 0.25) is 11.8 Å². The summed E-state index contributed by atoms with van der Waals surface area (Å²) in [6.07, 6.45) is 0. The largest absolute Gasteiger partial charge is 0.493 e. The van der Waals surface area contributed by atoms with Gasteiger partial charge in [-0.05, 0) is 31.2 Å². The topological polar surface area (TPSA) is 174 Å². The van der Waals surface area contributed by atoms with Crippen LogP contribution in [0, 0.1) is 18.3 Å². The lowest BCUT2D eigenvalue weighted by Gasteiger charge is -2.11. The van der Waals surface area contributed by atoms with E-state index in [0.29, 0.717) is 0 Å². The predicted octanol–water partition coefficient (Wildman–Crippen LogP) is 0.966. The van der Waals surface area contributed by atoms with Crippen LogP contribution in [0.1, 0.15) is 18.1 Å². The van der Waals surface area contributed by atoms with Crippen LogP contribution in [0.3, 0.4) is 0 Å². The fourth-order valence-corrected chi connectivity index (χ4v) is 3.40. The van der Waals surface area contributed by atoms with Crippen LogP contribution in [0.5, 0.6) is 5.88 Å². The third-order valence-electron chi connectivity index (χ3n) is 3.78. The molecule has 0 aliphatic carbocycles. The number of nitriles is 1. The average Bonchev–Trinajstić information content (AvgIpc) is 2.65. The van der Waals surface area contributed by atoms with Gasteiger partial charge < -0.3 is 10.2 Å². The molecule has 0 atom stereocenters. The summed E-state index contributed by atoms with van der Waals surface area (Å²) in [6.45, 7) is 1.81. The molecule has 0 saturated carbocycles. The summed E-state index contributed by atoms with van der Waals surface area (Å²) in [5, 5.41) is 36.0. The van der Waals surface area contributed by atoms with Crippen molar-refractivity contribution in [2.24, 2.45) is 10.2 Å². The first kappa shape index (κ1) is 21.7. The maximum absolute atomic E-state index is 12.5. The van der Waals surface area contributed by atoms with Gasteiger partial charge in [0, 0.05) is 12.5 Å². The number of aliphatic hydroxyl groups is 1. The molecule has 0 unspecified atom stereocenters.